The lowest BCUT2D eigenvalue weighted by Gasteiger charge is -2.32. The van der Waals surface area contributed by atoms with E-state index in [-0.39, 0.29) is 6.04 Å². The summed E-state index contributed by atoms with van der Waals surface area (Å²) in [6.07, 6.45) is 12.7. The van der Waals surface area contributed by atoms with E-state index in [0.29, 0.717) is 24.7 Å². The first-order chi connectivity index (χ1) is 13.2. The van der Waals surface area contributed by atoms with Crippen molar-refractivity contribution in [2.75, 3.05) is 26.3 Å². The topological polar surface area (TPSA) is 58.1 Å². The molecule has 1 unspecified atom stereocenters. The molecule has 1 aliphatic rings. The molecule has 154 valence electrons. The average molecular weight is 378 g/mol. The minimum atomic E-state index is 0.0436. The Kier molecular flexibility index (Phi) is 12.6. The molecule has 0 aromatic heterocycles. The van der Waals surface area contributed by atoms with E-state index in [4.69, 9.17) is 9.47 Å². The van der Waals surface area contributed by atoms with Gasteiger partial charge in [-0.1, -0.05) is 53.4 Å². The summed E-state index contributed by atoms with van der Waals surface area (Å²) in [5, 5.41) is 0. The minimum absolute atomic E-state index is 0.0436. The van der Waals surface area contributed by atoms with Crippen LogP contribution < -0.4 is 0 Å². The largest absolute Gasteiger partial charge is 0.496 e. The van der Waals surface area contributed by atoms with Crippen LogP contribution in [0.5, 0.6) is 0 Å². The predicted octanol–water partition coefficient (Wildman–Crippen LogP) is 5.34. The molecule has 1 aliphatic carbocycles. The van der Waals surface area contributed by atoms with Gasteiger partial charge in [-0.25, -0.2) is 0 Å². The Morgan fingerprint density at radius 3 is 1.96 bits per heavy atom. The zero-order chi connectivity index (χ0) is 19.9. The standard InChI is InChI=1S/C22H39N3O2/c1-5-9-13-25(14-10-6-2)20-18-21(26-15-11-7-3)19(24-23)17-22(20)27-16-12-8-4/h17-18,20H,5-16H2,1-4H3. The Balaban J connectivity index is 3.06. The van der Waals surface area contributed by atoms with E-state index in [0.717, 1.165) is 70.2 Å². The van der Waals surface area contributed by atoms with Crippen LogP contribution in [-0.4, -0.2) is 47.7 Å². The first kappa shape index (κ1) is 23.5. The second kappa shape index (κ2) is 14.5. The molecule has 27 heavy (non-hydrogen) atoms. The molecule has 0 bridgehead atoms. The van der Waals surface area contributed by atoms with Crippen LogP contribution in [0, 0.1) is 0 Å². The van der Waals surface area contributed by atoms with Crippen LogP contribution >= 0.6 is 0 Å². The van der Waals surface area contributed by atoms with Gasteiger partial charge in [0, 0.05) is 0 Å². The molecule has 0 aromatic rings. The molecule has 0 fully saturated rings. The highest BCUT2D eigenvalue weighted by molar-refractivity contribution is 6.04. The molecule has 0 spiro atoms. The number of unbranched alkanes of at least 4 members (excludes halogenated alkanes) is 4. The lowest BCUT2D eigenvalue weighted by Crippen LogP contribution is -2.40. The van der Waals surface area contributed by atoms with Crippen molar-refractivity contribution in [1.29, 1.82) is 0 Å². The van der Waals surface area contributed by atoms with Crippen LogP contribution in [0.2, 0.25) is 0 Å². The molecule has 0 amide bonds. The van der Waals surface area contributed by atoms with E-state index in [1.165, 1.54) is 0 Å². The molecule has 0 heterocycles. The van der Waals surface area contributed by atoms with Crippen LogP contribution in [0.4, 0.5) is 0 Å². The smallest absolute Gasteiger partial charge is 0.359 e. The molecule has 0 aromatic carbocycles. The molecule has 0 radical (unpaired) electrons. The molecule has 0 N–H and O–H groups in total. The van der Waals surface area contributed by atoms with Crippen molar-refractivity contribution in [2.24, 2.45) is 0 Å². The van der Waals surface area contributed by atoms with Crippen LogP contribution in [-0.2, 0) is 9.47 Å². The summed E-state index contributed by atoms with van der Waals surface area (Å²) in [7, 11) is 0. The van der Waals surface area contributed by atoms with Crippen molar-refractivity contribution in [2.45, 2.75) is 85.1 Å². The Morgan fingerprint density at radius 2 is 1.44 bits per heavy atom. The number of ether oxygens (including phenoxy) is 2. The maximum Gasteiger partial charge on any atom is 0.359 e. The molecule has 0 saturated carbocycles. The molecular weight excluding hydrogens is 338 g/mol. The second-order valence-electron chi connectivity index (χ2n) is 7.15. The van der Waals surface area contributed by atoms with E-state index >= 15 is 0 Å². The molecular formula is C22H39N3O2. The highest BCUT2D eigenvalue weighted by Crippen LogP contribution is 2.24. The number of rotatable bonds is 15. The normalized spacial score (nSPS) is 16.8. The van der Waals surface area contributed by atoms with Gasteiger partial charge in [-0.15, -0.1) is 0 Å². The first-order valence-electron chi connectivity index (χ1n) is 10.9. The Bertz CT molecular complexity index is 514. The summed E-state index contributed by atoms with van der Waals surface area (Å²) < 4.78 is 12.0. The molecule has 5 nitrogen and oxygen atoms in total. The van der Waals surface area contributed by atoms with Crippen LogP contribution in [0.15, 0.2) is 23.7 Å². The highest BCUT2D eigenvalue weighted by atomic mass is 16.5. The quantitative estimate of drug-likeness (QED) is 0.220. The van der Waals surface area contributed by atoms with E-state index in [2.05, 4.69) is 43.5 Å². The predicted molar refractivity (Wildman–Crippen MR) is 112 cm³/mol. The van der Waals surface area contributed by atoms with Gasteiger partial charge in [-0.3, -0.25) is 4.90 Å². The molecule has 1 rings (SSSR count). The van der Waals surface area contributed by atoms with Crippen molar-refractivity contribution in [3.63, 3.8) is 0 Å². The Hall–Kier alpha value is -1.58. The van der Waals surface area contributed by atoms with Crippen molar-refractivity contribution in [3.05, 3.63) is 29.2 Å². The van der Waals surface area contributed by atoms with E-state index < -0.39 is 0 Å². The maximum atomic E-state index is 9.47. The number of nitrogens with zero attached hydrogens (tertiary/aromatic N) is 3. The summed E-state index contributed by atoms with van der Waals surface area (Å²) >= 11 is 0. The zero-order valence-electron chi connectivity index (χ0n) is 17.9. The third-order valence-corrected chi connectivity index (χ3v) is 4.75. The third-order valence-electron chi connectivity index (χ3n) is 4.75. The zero-order valence-corrected chi connectivity index (χ0v) is 17.9. The van der Waals surface area contributed by atoms with Gasteiger partial charge < -0.3 is 15.0 Å². The third kappa shape index (κ3) is 8.32. The van der Waals surface area contributed by atoms with Gasteiger partial charge in [0.1, 0.15) is 5.76 Å². The fourth-order valence-corrected chi connectivity index (χ4v) is 2.99. The van der Waals surface area contributed by atoms with Crippen molar-refractivity contribution in [1.82, 2.24) is 4.90 Å². The summed E-state index contributed by atoms with van der Waals surface area (Å²) in [4.78, 5) is 5.93. The minimum Gasteiger partial charge on any atom is -0.496 e. The summed E-state index contributed by atoms with van der Waals surface area (Å²) in [6.45, 7) is 12.1. The number of hydrogen-bond donors (Lipinski definition) is 0. The molecule has 0 aliphatic heterocycles. The van der Waals surface area contributed by atoms with Gasteiger partial charge >= 0.3 is 5.71 Å². The van der Waals surface area contributed by atoms with Gasteiger partial charge in [0.05, 0.1) is 25.3 Å². The first-order valence-corrected chi connectivity index (χ1v) is 10.9. The van der Waals surface area contributed by atoms with Crippen molar-refractivity contribution < 1.29 is 14.3 Å². The van der Waals surface area contributed by atoms with Crippen LogP contribution in [0.25, 0.3) is 5.53 Å². The molecule has 0 saturated heterocycles. The average Bonchev–Trinajstić information content (AvgIpc) is 2.69. The van der Waals surface area contributed by atoms with Crippen molar-refractivity contribution in [3.8, 4) is 0 Å². The van der Waals surface area contributed by atoms with E-state index in [9.17, 15) is 5.53 Å². The van der Waals surface area contributed by atoms with Crippen molar-refractivity contribution >= 4 is 5.71 Å². The highest BCUT2D eigenvalue weighted by Gasteiger charge is 2.31. The lowest BCUT2D eigenvalue weighted by molar-refractivity contribution is -0.00930. The summed E-state index contributed by atoms with van der Waals surface area (Å²) in [6, 6.07) is 0.0436. The lowest BCUT2D eigenvalue weighted by atomic mass is 10.0. The van der Waals surface area contributed by atoms with E-state index in [1.807, 2.05) is 6.08 Å². The number of hydrogen-bond acceptors (Lipinski definition) is 3. The van der Waals surface area contributed by atoms with Gasteiger partial charge in [0.15, 0.2) is 0 Å². The van der Waals surface area contributed by atoms with Gasteiger partial charge in [0.25, 0.3) is 0 Å². The Labute approximate surface area is 166 Å². The van der Waals surface area contributed by atoms with Gasteiger partial charge in [0.2, 0.25) is 5.76 Å². The fraction of sp³-hybridized carbons (Fsp3) is 0.773. The second-order valence-corrected chi connectivity index (χ2v) is 7.15. The van der Waals surface area contributed by atoms with Gasteiger partial charge in [-0.05, 0) is 44.8 Å². The maximum absolute atomic E-state index is 9.47. The summed E-state index contributed by atoms with van der Waals surface area (Å²) in [5.41, 5.74) is 9.93. The fourth-order valence-electron chi connectivity index (χ4n) is 2.99. The SMILES string of the molecule is CCCCOC1=CC(N(CCCC)CCCC)C(OCCCC)=CC1=[N+]=[N-]. The Morgan fingerprint density at radius 1 is 0.889 bits per heavy atom. The molecule has 1 atom stereocenters. The van der Waals surface area contributed by atoms with Crippen LogP contribution in [0.3, 0.4) is 0 Å². The van der Waals surface area contributed by atoms with E-state index in [1.54, 1.807) is 0 Å². The number of allylic oxidation sites excluding steroid dienone is 1. The monoisotopic (exact) mass is 377 g/mol. The van der Waals surface area contributed by atoms with Crippen LogP contribution in [0.1, 0.15) is 79.1 Å². The summed E-state index contributed by atoms with van der Waals surface area (Å²) in [5.74, 6) is 1.53. The van der Waals surface area contributed by atoms with Gasteiger partial charge in [-0.2, -0.15) is 4.79 Å². The molecule has 5 heteroatoms.